The van der Waals surface area contributed by atoms with Crippen molar-refractivity contribution in [1.29, 1.82) is 0 Å². The molecule has 1 aliphatic rings. The number of aryl methyl sites for hydroxylation is 3. The zero-order chi connectivity index (χ0) is 21.7. The van der Waals surface area contributed by atoms with Crippen LogP contribution in [0.15, 0.2) is 0 Å². The van der Waals surface area contributed by atoms with E-state index < -0.39 is 0 Å². The van der Waals surface area contributed by atoms with E-state index in [0.29, 0.717) is 0 Å². The standard InChI is InChI=1S/C29H36/c1-13-14(2)18(6)24-23(17(13)5)20(8)22(10)28-26(24)25-19(7)15(3)16(4)21(9)27(25)29(28,11)12/h1-12H3. The Bertz CT molecular complexity index is 1250. The van der Waals surface area contributed by atoms with Crippen LogP contribution in [0.1, 0.15) is 80.6 Å². The van der Waals surface area contributed by atoms with E-state index in [-0.39, 0.29) is 5.41 Å². The lowest BCUT2D eigenvalue weighted by atomic mass is 9.75. The molecule has 0 saturated carbocycles. The van der Waals surface area contributed by atoms with Gasteiger partial charge in [0.05, 0.1) is 0 Å². The van der Waals surface area contributed by atoms with Crippen LogP contribution in [0.3, 0.4) is 0 Å². The van der Waals surface area contributed by atoms with Crippen LogP contribution in [0.25, 0.3) is 21.9 Å². The van der Waals surface area contributed by atoms with Crippen LogP contribution in [-0.4, -0.2) is 0 Å². The Morgan fingerprint density at radius 1 is 0.345 bits per heavy atom. The largest absolute Gasteiger partial charge is 0.0516 e. The summed E-state index contributed by atoms with van der Waals surface area (Å²) >= 11 is 0. The quantitative estimate of drug-likeness (QED) is 0.366. The smallest absolute Gasteiger partial charge is 0.0164 e. The first-order valence-corrected chi connectivity index (χ1v) is 11.0. The molecule has 3 aromatic rings. The first kappa shape index (κ1) is 20.2. The van der Waals surface area contributed by atoms with E-state index in [1.54, 1.807) is 11.1 Å². The van der Waals surface area contributed by atoms with E-state index in [4.69, 9.17) is 0 Å². The van der Waals surface area contributed by atoms with E-state index >= 15 is 0 Å². The maximum Gasteiger partial charge on any atom is 0.0164 e. The summed E-state index contributed by atoms with van der Waals surface area (Å²) in [7, 11) is 0. The molecule has 3 aromatic carbocycles. The molecule has 0 aliphatic heterocycles. The van der Waals surface area contributed by atoms with Crippen molar-refractivity contribution in [1.82, 2.24) is 0 Å². The Morgan fingerprint density at radius 3 is 1.24 bits per heavy atom. The normalized spacial score (nSPS) is 14.5. The van der Waals surface area contributed by atoms with E-state index in [0.717, 1.165) is 0 Å². The van der Waals surface area contributed by atoms with Gasteiger partial charge in [-0.25, -0.2) is 0 Å². The van der Waals surface area contributed by atoms with Crippen molar-refractivity contribution < 1.29 is 0 Å². The highest BCUT2D eigenvalue weighted by atomic mass is 14.4. The van der Waals surface area contributed by atoms with Gasteiger partial charge in [0, 0.05) is 5.41 Å². The summed E-state index contributed by atoms with van der Waals surface area (Å²) in [6.45, 7) is 28.1. The zero-order valence-corrected chi connectivity index (χ0v) is 20.5. The topological polar surface area (TPSA) is 0 Å². The predicted octanol–water partition coefficient (Wildman–Crippen LogP) is 8.23. The molecule has 0 nitrogen and oxygen atoms in total. The van der Waals surface area contributed by atoms with Gasteiger partial charge in [-0.15, -0.1) is 0 Å². The van der Waals surface area contributed by atoms with E-state index in [2.05, 4.69) is 83.1 Å². The van der Waals surface area contributed by atoms with Crippen LogP contribution < -0.4 is 0 Å². The van der Waals surface area contributed by atoms with Gasteiger partial charge in [0.2, 0.25) is 0 Å². The van der Waals surface area contributed by atoms with Crippen LogP contribution in [0.4, 0.5) is 0 Å². The number of benzene rings is 3. The summed E-state index contributed by atoms with van der Waals surface area (Å²) in [4.78, 5) is 0. The minimum absolute atomic E-state index is 0.0279. The average molecular weight is 385 g/mol. The second-order valence-electron chi connectivity index (χ2n) is 10.1. The molecule has 0 fully saturated rings. The van der Waals surface area contributed by atoms with Crippen molar-refractivity contribution in [2.45, 2.75) is 88.5 Å². The molecule has 0 N–H and O–H groups in total. The van der Waals surface area contributed by atoms with Gasteiger partial charge >= 0.3 is 0 Å². The van der Waals surface area contributed by atoms with Crippen molar-refractivity contribution >= 4 is 10.8 Å². The lowest BCUT2D eigenvalue weighted by Gasteiger charge is -2.28. The van der Waals surface area contributed by atoms with Crippen molar-refractivity contribution in [2.75, 3.05) is 0 Å². The highest BCUT2D eigenvalue weighted by molar-refractivity contribution is 6.09. The second kappa shape index (κ2) is 5.97. The maximum absolute atomic E-state index is 2.44. The van der Waals surface area contributed by atoms with Gasteiger partial charge < -0.3 is 0 Å². The van der Waals surface area contributed by atoms with Gasteiger partial charge in [-0.1, -0.05) is 13.8 Å². The predicted molar refractivity (Wildman–Crippen MR) is 129 cm³/mol. The number of hydrogen-bond donors (Lipinski definition) is 0. The second-order valence-corrected chi connectivity index (χ2v) is 10.1. The number of rotatable bonds is 0. The molecule has 0 saturated heterocycles. The first-order valence-electron chi connectivity index (χ1n) is 11.0. The zero-order valence-electron chi connectivity index (χ0n) is 20.5. The Balaban J connectivity index is 2.43. The lowest BCUT2D eigenvalue weighted by Crippen LogP contribution is -2.19. The summed E-state index contributed by atoms with van der Waals surface area (Å²) in [5.41, 5.74) is 20.8. The third-order valence-electron chi connectivity index (χ3n) is 8.69. The van der Waals surface area contributed by atoms with Crippen LogP contribution in [0.2, 0.25) is 0 Å². The number of fused-ring (bicyclic) bond motifs is 5. The monoisotopic (exact) mass is 384 g/mol. The van der Waals surface area contributed by atoms with Crippen LogP contribution in [0, 0.1) is 69.2 Å². The molecule has 0 heterocycles. The van der Waals surface area contributed by atoms with Gasteiger partial charge in [-0.05, 0) is 158 Å². The van der Waals surface area contributed by atoms with Crippen molar-refractivity contribution in [3.63, 3.8) is 0 Å². The molecule has 0 bridgehead atoms. The van der Waals surface area contributed by atoms with Gasteiger partial charge in [0.25, 0.3) is 0 Å². The molecular formula is C29H36. The average Bonchev–Trinajstić information content (AvgIpc) is 2.91. The molecule has 0 amide bonds. The van der Waals surface area contributed by atoms with Crippen LogP contribution >= 0.6 is 0 Å². The number of hydrogen-bond acceptors (Lipinski definition) is 0. The summed E-state index contributed by atoms with van der Waals surface area (Å²) < 4.78 is 0. The summed E-state index contributed by atoms with van der Waals surface area (Å²) in [5, 5.41) is 2.99. The summed E-state index contributed by atoms with van der Waals surface area (Å²) in [6, 6.07) is 0. The molecule has 0 atom stereocenters. The molecule has 0 aromatic heterocycles. The molecular weight excluding hydrogens is 348 g/mol. The first-order chi connectivity index (χ1) is 13.4. The Hall–Kier alpha value is -2.08. The fraction of sp³-hybridized carbons (Fsp3) is 0.448. The molecule has 0 radical (unpaired) electrons. The molecule has 152 valence electrons. The van der Waals surface area contributed by atoms with Crippen LogP contribution in [-0.2, 0) is 5.41 Å². The Kier molecular flexibility index (Phi) is 4.16. The van der Waals surface area contributed by atoms with Gasteiger partial charge in [0.15, 0.2) is 0 Å². The van der Waals surface area contributed by atoms with Gasteiger partial charge in [-0.2, -0.15) is 0 Å². The molecule has 29 heavy (non-hydrogen) atoms. The lowest BCUT2D eigenvalue weighted by molar-refractivity contribution is 0.649. The third kappa shape index (κ3) is 2.21. The molecule has 0 unspecified atom stereocenters. The Labute approximate surface area is 177 Å². The fourth-order valence-corrected chi connectivity index (χ4v) is 6.34. The highest BCUT2D eigenvalue weighted by Crippen LogP contribution is 2.57. The van der Waals surface area contributed by atoms with E-state index in [9.17, 15) is 0 Å². The highest BCUT2D eigenvalue weighted by Gasteiger charge is 2.42. The SMILES string of the molecule is Cc1c(C)c(C)c2c(c1C)-c1c(c(C)c(C)c3c(C)c(C)c(C)c(C)c13)C2(C)C. The fourth-order valence-electron chi connectivity index (χ4n) is 6.34. The minimum atomic E-state index is 0.0279. The minimum Gasteiger partial charge on any atom is -0.0516 e. The third-order valence-corrected chi connectivity index (χ3v) is 8.69. The maximum atomic E-state index is 2.44. The van der Waals surface area contributed by atoms with Gasteiger partial charge in [0.1, 0.15) is 0 Å². The molecule has 1 aliphatic carbocycles. The van der Waals surface area contributed by atoms with Gasteiger partial charge in [-0.3, -0.25) is 0 Å². The summed E-state index contributed by atoms with van der Waals surface area (Å²) in [5.74, 6) is 0. The molecule has 4 rings (SSSR count). The summed E-state index contributed by atoms with van der Waals surface area (Å²) in [6.07, 6.45) is 0. The van der Waals surface area contributed by atoms with Crippen LogP contribution in [0.5, 0.6) is 0 Å². The van der Waals surface area contributed by atoms with Crippen molar-refractivity contribution in [3.05, 3.63) is 66.8 Å². The van der Waals surface area contributed by atoms with E-state index in [1.807, 2.05) is 0 Å². The Morgan fingerprint density at radius 2 is 0.690 bits per heavy atom. The van der Waals surface area contributed by atoms with Crippen molar-refractivity contribution in [2.24, 2.45) is 0 Å². The molecule has 0 heteroatoms. The van der Waals surface area contributed by atoms with Crippen molar-refractivity contribution in [3.8, 4) is 11.1 Å². The van der Waals surface area contributed by atoms with E-state index in [1.165, 1.54) is 77.5 Å². The molecule has 0 spiro atoms.